The highest BCUT2D eigenvalue weighted by molar-refractivity contribution is 5.98. The summed E-state index contributed by atoms with van der Waals surface area (Å²) in [5.74, 6) is 10.4. The summed E-state index contributed by atoms with van der Waals surface area (Å²) < 4.78 is 11.2. The van der Waals surface area contributed by atoms with Crippen LogP contribution in [-0.2, 0) is 5.41 Å². The Balaban J connectivity index is 1.10. The lowest BCUT2D eigenvalue weighted by atomic mass is 9.93. The molecule has 1 aromatic carbocycles. The van der Waals surface area contributed by atoms with Gasteiger partial charge in [-0.1, -0.05) is 44.2 Å². The van der Waals surface area contributed by atoms with E-state index in [1.165, 1.54) is 32.4 Å². The van der Waals surface area contributed by atoms with Gasteiger partial charge < -0.3 is 19.7 Å². The molecule has 3 aromatic rings. The molecule has 0 spiro atoms. The van der Waals surface area contributed by atoms with Crippen molar-refractivity contribution in [2.24, 2.45) is 11.8 Å². The zero-order valence-corrected chi connectivity index (χ0v) is 23.8. The number of ether oxygens (including phenoxy) is 1. The summed E-state index contributed by atoms with van der Waals surface area (Å²) in [4.78, 5) is 22.1. The van der Waals surface area contributed by atoms with Gasteiger partial charge in [-0.2, -0.15) is 0 Å². The molecule has 2 aliphatic rings. The van der Waals surface area contributed by atoms with Crippen molar-refractivity contribution in [2.75, 3.05) is 36.9 Å². The Morgan fingerprint density at radius 2 is 1.93 bits per heavy atom. The van der Waals surface area contributed by atoms with E-state index in [0.29, 0.717) is 35.4 Å². The van der Waals surface area contributed by atoms with Crippen LogP contribution < -0.4 is 15.4 Å². The van der Waals surface area contributed by atoms with Crippen molar-refractivity contribution in [1.29, 1.82) is 5.41 Å². The number of anilines is 2. The topological polar surface area (TPSA) is 132 Å². The number of aromatic amines is 1. The molecule has 3 heterocycles. The average molecular weight is 556 g/mol. The molecule has 2 aromatic heterocycles. The number of H-pyrrole nitrogens is 1. The van der Waals surface area contributed by atoms with Gasteiger partial charge in [0.25, 0.3) is 0 Å². The summed E-state index contributed by atoms with van der Waals surface area (Å²) in [5, 5.41) is 16.9. The van der Waals surface area contributed by atoms with Crippen molar-refractivity contribution in [3.05, 3.63) is 59.2 Å². The smallest absolute Gasteiger partial charge is 0.326 e. The Kier molecular flexibility index (Phi) is 8.55. The van der Waals surface area contributed by atoms with Gasteiger partial charge in [0.2, 0.25) is 0 Å². The fourth-order valence-corrected chi connectivity index (χ4v) is 5.27. The molecule has 10 heteroatoms. The second-order valence-electron chi connectivity index (χ2n) is 11.7. The van der Waals surface area contributed by atoms with Crippen molar-refractivity contribution >= 4 is 30.0 Å². The molecule has 1 aliphatic heterocycles. The van der Waals surface area contributed by atoms with Gasteiger partial charge in [-0.3, -0.25) is 15.5 Å². The highest BCUT2D eigenvalue weighted by Gasteiger charge is 2.35. The van der Waals surface area contributed by atoms with Crippen LogP contribution in [0.2, 0.25) is 0 Å². The Labute approximate surface area is 240 Å². The van der Waals surface area contributed by atoms with E-state index in [4.69, 9.17) is 14.7 Å². The van der Waals surface area contributed by atoms with Gasteiger partial charge in [0.05, 0.1) is 0 Å². The summed E-state index contributed by atoms with van der Waals surface area (Å²) in [5.41, 5.74) is 1.06. The Morgan fingerprint density at radius 1 is 1.20 bits per heavy atom. The van der Waals surface area contributed by atoms with Crippen molar-refractivity contribution in [3.8, 4) is 17.6 Å². The first kappa shape index (κ1) is 28.2. The first-order valence-electron chi connectivity index (χ1n) is 14.1. The number of hydrogen-bond acceptors (Lipinski definition) is 7. The molecular weight excluding hydrogens is 518 g/mol. The number of urea groups is 1. The number of nitrogens with zero attached hydrogens (tertiary/aromatic N) is 3. The predicted molar refractivity (Wildman–Crippen MR) is 159 cm³/mol. The normalized spacial score (nSPS) is 18.9. The number of allylic oxidation sites excluding steroid dienone is 1. The number of benzene rings is 1. The molecule has 1 saturated heterocycles. The molecular formula is C31H37N7O3. The fourth-order valence-electron chi connectivity index (χ4n) is 5.27. The number of hydrogen-bond donors (Lipinski definition) is 4. The lowest BCUT2D eigenvalue weighted by Crippen LogP contribution is -2.27. The number of carbonyl (C=O) groups is 1. The van der Waals surface area contributed by atoms with E-state index in [0.717, 1.165) is 35.9 Å². The first-order chi connectivity index (χ1) is 19.7. The summed E-state index contributed by atoms with van der Waals surface area (Å²) >= 11 is 0. The minimum Gasteiger partial charge on any atom is -0.492 e. The number of rotatable bonds is 8. The molecule has 2 unspecified atom stereocenters. The van der Waals surface area contributed by atoms with Crippen LogP contribution >= 0.6 is 0 Å². The molecule has 0 bridgehead atoms. The van der Waals surface area contributed by atoms with E-state index in [2.05, 4.69) is 42.5 Å². The number of nitrogens with one attached hydrogen (secondary N) is 4. The monoisotopic (exact) mass is 555 g/mol. The molecule has 214 valence electrons. The lowest BCUT2D eigenvalue weighted by Gasteiger charge is -2.17. The summed E-state index contributed by atoms with van der Waals surface area (Å²) in [7, 11) is 0. The molecule has 2 amide bonds. The molecule has 5 rings (SSSR count). The maximum absolute atomic E-state index is 12.3. The Hall–Kier alpha value is -4.36. The number of imidazole rings is 1. The van der Waals surface area contributed by atoms with Gasteiger partial charge in [-0.05, 0) is 55.0 Å². The molecule has 10 nitrogen and oxygen atoms in total. The highest BCUT2D eigenvalue weighted by Crippen LogP contribution is 2.37. The van der Waals surface area contributed by atoms with E-state index in [1.54, 1.807) is 18.3 Å². The van der Waals surface area contributed by atoms with Gasteiger partial charge >= 0.3 is 6.03 Å². The number of carbonyl (C=O) groups excluding carboxylic acids is 1. The van der Waals surface area contributed by atoms with E-state index in [-0.39, 0.29) is 5.41 Å². The van der Waals surface area contributed by atoms with Crippen molar-refractivity contribution < 1.29 is 14.1 Å². The Morgan fingerprint density at radius 3 is 2.61 bits per heavy atom. The quantitative estimate of drug-likeness (QED) is 0.213. The lowest BCUT2D eigenvalue weighted by molar-refractivity contribution is 0.227. The van der Waals surface area contributed by atoms with Gasteiger partial charge in [0, 0.05) is 54.7 Å². The van der Waals surface area contributed by atoms with Crippen LogP contribution in [0.4, 0.5) is 16.4 Å². The van der Waals surface area contributed by atoms with Crippen LogP contribution in [-0.4, -0.2) is 58.5 Å². The minimum atomic E-state index is -0.501. The van der Waals surface area contributed by atoms with Gasteiger partial charge in [0.15, 0.2) is 11.6 Å². The van der Waals surface area contributed by atoms with Gasteiger partial charge in [-0.25, -0.2) is 9.78 Å². The molecule has 1 saturated carbocycles. The predicted octanol–water partition coefficient (Wildman–Crippen LogP) is 5.53. The first-order valence-corrected chi connectivity index (χ1v) is 14.1. The molecule has 1 aliphatic carbocycles. The SMILES string of the molecule is CC(C)(C)c1cc(NC(=O)Nc2c[nH]c(/C=C(/C#Cc3ccc(OCCN4CC5CCCC5C4)cc3)C=N)n2)no1. The van der Waals surface area contributed by atoms with E-state index >= 15 is 0 Å². The van der Waals surface area contributed by atoms with E-state index in [1.807, 2.05) is 45.0 Å². The molecule has 4 N–H and O–H groups in total. The second kappa shape index (κ2) is 12.4. The molecule has 2 fully saturated rings. The van der Waals surface area contributed by atoms with Crippen LogP contribution in [0.15, 0.2) is 46.6 Å². The van der Waals surface area contributed by atoms with Gasteiger partial charge in [0.1, 0.15) is 23.9 Å². The number of likely N-dealkylation sites (tertiary alicyclic amines) is 1. The van der Waals surface area contributed by atoms with Crippen molar-refractivity contribution in [1.82, 2.24) is 20.0 Å². The van der Waals surface area contributed by atoms with Crippen molar-refractivity contribution in [2.45, 2.75) is 45.4 Å². The van der Waals surface area contributed by atoms with Crippen LogP contribution in [0.25, 0.3) is 6.08 Å². The van der Waals surface area contributed by atoms with Crippen LogP contribution in [0.5, 0.6) is 5.75 Å². The summed E-state index contributed by atoms with van der Waals surface area (Å²) in [6.07, 6.45) is 8.54. The van der Waals surface area contributed by atoms with Crippen LogP contribution in [0, 0.1) is 29.1 Å². The van der Waals surface area contributed by atoms with Crippen LogP contribution in [0.1, 0.15) is 57.2 Å². The van der Waals surface area contributed by atoms with E-state index < -0.39 is 6.03 Å². The second-order valence-corrected chi connectivity index (χ2v) is 11.7. The number of aromatic nitrogens is 3. The average Bonchev–Trinajstić information content (AvgIpc) is 3.73. The molecule has 41 heavy (non-hydrogen) atoms. The van der Waals surface area contributed by atoms with Crippen molar-refractivity contribution in [3.63, 3.8) is 0 Å². The Bertz CT molecular complexity index is 1440. The third-order valence-corrected chi connectivity index (χ3v) is 7.46. The third kappa shape index (κ3) is 7.64. The zero-order chi connectivity index (χ0) is 28.8. The largest absolute Gasteiger partial charge is 0.492 e. The maximum Gasteiger partial charge on any atom is 0.326 e. The summed E-state index contributed by atoms with van der Waals surface area (Å²) in [6, 6.07) is 8.86. The number of fused-ring (bicyclic) bond motifs is 1. The zero-order valence-electron chi connectivity index (χ0n) is 23.8. The standard InChI is InChI=1S/C31H37N7O3/c1-31(2,3)26-16-28(37-41-26)35-30(39)36-29-18-33-27(34-29)15-22(17-32)8-7-21-9-11-25(12-10-21)40-14-13-38-19-23-5-4-6-24(23)20-38/h9-12,15-18,23-24,32H,4-6,13-14,19-20H2,1-3H3,(H,33,34)(H2,35,36,37,39)/b22-15-,32-17?. The third-order valence-electron chi connectivity index (χ3n) is 7.46. The fraction of sp³-hybridized carbons (Fsp3) is 0.419. The molecule has 0 radical (unpaired) electrons. The van der Waals surface area contributed by atoms with Gasteiger partial charge in [-0.15, -0.1) is 0 Å². The maximum atomic E-state index is 12.3. The summed E-state index contributed by atoms with van der Waals surface area (Å²) in [6.45, 7) is 10.1. The minimum absolute atomic E-state index is 0.216. The van der Waals surface area contributed by atoms with Crippen LogP contribution in [0.3, 0.4) is 0 Å². The highest BCUT2D eigenvalue weighted by atomic mass is 16.5. The number of amides is 2. The molecule has 2 atom stereocenters. The van der Waals surface area contributed by atoms with E-state index in [9.17, 15) is 4.79 Å².